The Balaban J connectivity index is 2.76. The SMILES string of the molecule is Cc1nnsc1C(=O)NC(C)(CCl)CCl. The minimum absolute atomic E-state index is 0.230. The summed E-state index contributed by atoms with van der Waals surface area (Å²) in [6.07, 6.45) is 0. The fraction of sp³-hybridized carbons (Fsp3) is 0.625. The molecule has 1 aromatic rings. The van der Waals surface area contributed by atoms with Crippen molar-refractivity contribution in [3.8, 4) is 0 Å². The summed E-state index contributed by atoms with van der Waals surface area (Å²) in [4.78, 5) is 12.3. The molecule has 0 aromatic carbocycles. The summed E-state index contributed by atoms with van der Waals surface area (Å²) < 4.78 is 3.69. The smallest absolute Gasteiger partial charge is 0.265 e. The van der Waals surface area contributed by atoms with Crippen molar-refractivity contribution >= 4 is 40.6 Å². The first-order valence-corrected chi connectivity index (χ1v) is 6.10. The second-order valence-electron chi connectivity index (χ2n) is 3.47. The molecule has 0 fully saturated rings. The second kappa shape index (κ2) is 5.09. The van der Waals surface area contributed by atoms with Crippen LogP contribution >= 0.6 is 34.7 Å². The number of halogens is 2. The molecule has 15 heavy (non-hydrogen) atoms. The first-order chi connectivity index (χ1) is 7.02. The molecule has 1 aromatic heterocycles. The zero-order valence-electron chi connectivity index (χ0n) is 8.38. The van der Waals surface area contributed by atoms with Gasteiger partial charge in [0.25, 0.3) is 5.91 Å². The molecular formula is C8H11Cl2N3OS. The van der Waals surface area contributed by atoms with E-state index < -0.39 is 5.54 Å². The fourth-order valence-electron chi connectivity index (χ4n) is 0.873. The quantitative estimate of drug-likeness (QED) is 0.847. The van der Waals surface area contributed by atoms with E-state index in [1.807, 2.05) is 0 Å². The highest BCUT2D eigenvalue weighted by Crippen LogP contribution is 2.14. The number of aryl methyl sites for hydroxylation is 1. The van der Waals surface area contributed by atoms with Gasteiger partial charge >= 0.3 is 0 Å². The average Bonchev–Trinajstić information content (AvgIpc) is 2.64. The van der Waals surface area contributed by atoms with Gasteiger partial charge in [-0.2, -0.15) is 0 Å². The number of amides is 1. The van der Waals surface area contributed by atoms with Crippen molar-refractivity contribution in [3.63, 3.8) is 0 Å². The van der Waals surface area contributed by atoms with E-state index >= 15 is 0 Å². The number of aromatic nitrogens is 2. The molecule has 4 nitrogen and oxygen atoms in total. The monoisotopic (exact) mass is 267 g/mol. The highest BCUT2D eigenvalue weighted by Gasteiger charge is 2.26. The van der Waals surface area contributed by atoms with E-state index in [1.54, 1.807) is 13.8 Å². The van der Waals surface area contributed by atoms with Gasteiger partial charge < -0.3 is 5.32 Å². The maximum absolute atomic E-state index is 11.8. The molecule has 0 aliphatic heterocycles. The predicted molar refractivity (Wildman–Crippen MR) is 62.0 cm³/mol. The predicted octanol–water partition coefficient (Wildman–Crippen LogP) is 1.81. The zero-order valence-corrected chi connectivity index (χ0v) is 10.7. The lowest BCUT2D eigenvalue weighted by atomic mass is 10.1. The topological polar surface area (TPSA) is 54.9 Å². The number of hydrogen-bond acceptors (Lipinski definition) is 4. The van der Waals surface area contributed by atoms with Crippen LogP contribution in [0.5, 0.6) is 0 Å². The normalized spacial score (nSPS) is 11.5. The van der Waals surface area contributed by atoms with E-state index in [0.717, 1.165) is 11.5 Å². The summed E-state index contributed by atoms with van der Waals surface area (Å²) in [5.74, 6) is 0.285. The highest BCUT2D eigenvalue weighted by atomic mass is 35.5. The number of rotatable bonds is 4. The van der Waals surface area contributed by atoms with Crippen LogP contribution in [0.15, 0.2) is 0 Å². The van der Waals surface area contributed by atoms with Gasteiger partial charge in [-0.05, 0) is 25.4 Å². The van der Waals surface area contributed by atoms with Crippen LogP contribution in [0.3, 0.4) is 0 Å². The molecule has 0 aliphatic carbocycles. The molecule has 0 atom stereocenters. The van der Waals surface area contributed by atoms with Crippen molar-refractivity contribution in [2.24, 2.45) is 0 Å². The summed E-state index contributed by atoms with van der Waals surface area (Å²) >= 11 is 12.5. The molecule has 1 rings (SSSR count). The molecule has 0 spiro atoms. The third-order valence-corrected chi connectivity index (χ3v) is 3.87. The Bertz CT molecular complexity index is 351. The molecule has 0 radical (unpaired) electrons. The lowest BCUT2D eigenvalue weighted by molar-refractivity contribution is 0.0925. The third kappa shape index (κ3) is 3.03. The molecule has 0 bridgehead atoms. The number of hydrogen-bond donors (Lipinski definition) is 1. The van der Waals surface area contributed by atoms with E-state index in [0.29, 0.717) is 10.6 Å². The highest BCUT2D eigenvalue weighted by molar-refractivity contribution is 7.08. The van der Waals surface area contributed by atoms with Crippen molar-refractivity contribution in [3.05, 3.63) is 10.6 Å². The number of carbonyl (C=O) groups is 1. The van der Waals surface area contributed by atoms with Crippen LogP contribution in [0, 0.1) is 6.92 Å². The van der Waals surface area contributed by atoms with Crippen molar-refractivity contribution in [1.29, 1.82) is 0 Å². The van der Waals surface area contributed by atoms with Crippen LogP contribution in [0.25, 0.3) is 0 Å². The molecule has 1 heterocycles. The molecule has 0 unspecified atom stereocenters. The third-order valence-electron chi connectivity index (χ3n) is 1.86. The Hall–Kier alpha value is -0.390. The van der Waals surface area contributed by atoms with Gasteiger partial charge in [-0.1, -0.05) is 4.49 Å². The molecule has 1 amide bonds. The second-order valence-corrected chi connectivity index (χ2v) is 4.76. The average molecular weight is 268 g/mol. The van der Waals surface area contributed by atoms with Crippen LogP contribution in [0.1, 0.15) is 22.3 Å². The van der Waals surface area contributed by atoms with E-state index in [9.17, 15) is 4.79 Å². The van der Waals surface area contributed by atoms with Crippen LogP contribution in [0.2, 0.25) is 0 Å². The molecule has 0 aliphatic rings. The van der Waals surface area contributed by atoms with E-state index in [-0.39, 0.29) is 17.7 Å². The van der Waals surface area contributed by atoms with Crippen LogP contribution in [-0.4, -0.2) is 32.8 Å². The summed E-state index contributed by atoms with van der Waals surface area (Å²) in [7, 11) is 0. The van der Waals surface area contributed by atoms with Crippen LogP contribution in [0.4, 0.5) is 0 Å². The van der Waals surface area contributed by atoms with Gasteiger partial charge in [-0.25, -0.2) is 0 Å². The van der Waals surface area contributed by atoms with Gasteiger partial charge in [0.15, 0.2) is 0 Å². The number of nitrogens with zero attached hydrogens (tertiary/aromatic N) is 2. The first kappa shape index (κ1) is 12.7. The number of carbonyl (C=O) groups excluding carboxylic acids is 1. The lowest BCUT2D eigenvalue weighted by Gasteiger charge is -2.25. The zero-order chi connectivity index (χ0) is 11.5. The molecule has 0 saturated carbocycles. The van der Waals surface area contributed by atoms with Gasteiger partial charge in [0.05, 0.1) is 11.2 Å². The molecule has 7 heteroatoms. The lowest BCUT2D eigenvalue weighted by Crippen LogP contribution is -2.49. The van der Waals surface area contributed by atoms with Gasteiger partial charge in [0, 0.05) is 11.8 Å². The minimum atomic E-state index is -0.601. The van der Waals surface area contributed by atoms with E-state index in [1.165, 1.54) is 0 Å². The van der Waals surface area contributed by atoms with Crippen molar-refractivity contribution in [1.82, 2.24) is 14.9 Å². The van der Waals surface area contributed by atoms with Gasteiger partial charge in [-0.15, -0.1) is 28.3 Å². The van der Waals surface area contributed by atoms with Crippen LogP contribution < -0.4 is 5.32 Å². The first-order valence-electron chi connectivity index (χ1n) is 4.26. The molecule has 0 saturated heterocycles. The van der Waals surface area contributed by atoms with E-state index in [4.69, 9.17) is 23.2 Å². The summed E-state index contributed by atoms with van der Waals surface area (Å²) in [6, 6.07) is 0. The van der Waals surface area contributed by atoms with Crippen molar-refractivity contribution in [2.45, 2.75) is 19.4 Å². The molecular weight excluding hydrogens is 257 g/mol. The minimum Gasteiger partial charge on any atom is -0.344 e. The number of alkyl halides is 2. The Morgan fingerprint density at radius 3 is 2.53 bits per heavy atom. The largest absolute Gasteiger partial charge is 0.344 e. The van der Waals surface area contributed by atoms with Crippen molar-refractivity contribution in [2.75, 3.05) is 11.8 Å². The fourth-order valence-corrected chi connectivity index (χ4v) is 1.84. The number of nitrogens with one attached hydrogen (secondary N) is 1. The van der Waals surface area contributed by atoms with E-state index in [2.05, 4.69) is 14.9 Å². The Labute approximate surface area is 102 Å². The van der Waals surface area contributed by atoms with Gasteiger partial charge in [-0.3, -0.25) is 4.79 Å². The molecule has 1 N–H and O–H groups in total. The standard InChI is InChI=1S/C8H11Cl2N3OS/c1-5-6(15-13-12-5)7(14)11-8(2,3-9)4-10/h3-4H2,1-2H3,(H,11,14). The Kier molecular flexibility index (Phi) is 4.31. The van der Waals surface area contributed by atoms with Crippen molar-refractivity contribution < 1.29 is 4.79 Å². The summed E-state index contributed by atoms with van der Waals surface area (Å²) in [6.45, 7) is 3.52. The summed E-state index contributed by atoms with van der Waals surface area (Å²) in [5, 5.41) is 6.52. The maximum Gasteiger partial charge on any atom is 0.265 e. The maximum atomic E-state index is 11.8. The van der Waals surface area contributed by atoms with Gasteiger partial charge in [0.1, 0.15) is 4.88 Å². The van der Waals surface area contributed by atoms with Crippen LogP contribution in [-0.2, 0) is 0 Å². The Morgan fingerprint density at radius 1 is 1.53 bits per heavy atom. The summed E-state index contributed by atoms with van der Waals surface area (Å²) in [5.41, 5.74) is 0.0142. The Morgan fingerprint density at radius 2 is 2.13 bits per heavy atom. The molecule has 84 valence electrons. The van der Waals surface area contributed by atoms with Gasteiger partial charge in [0.2, 0.25) is 0 Å².